The van der Waals surface area contributed by atoms with E-state index in [4.69, 9.17) is 0 Å². The van der Waals surface area contributed by atoms with E-state index in [1.165, 1.54) is 11.1 Å². The molecule has 0 heterocycles. The van der Waals surface area contributed by atoms with Crippen LogP contribution in [0.5, 0.6) is 5.75 Å². The molecule has 182 valence electrons. The van der Waals surface area contributed by atoms with Crippen molar-refractivity contribution < 1.29 is 23.4 Å². The average Bonchev–Trinajstić information content (AvgIpc) is 3.21. The van der Waals surface area contributed by atoms with Gasteiger partial charge in [-0.2, -0.15) is 8.78 Å². The van der Waals surface area contributed by atoms with Gasteiger partial charge in [-0.1, -0.05) is 48.5 Å². The Balaban J connectivity index is 1.61. The molecule has 0 atom stereocenters. The highest BCUT2D eigenvalue weighted by atomic mass is 19.3. The predicted molar refractivity (Wildman–Crippen MR) is 137 cm³/mol. The lowest BCUT2D eigenvalue weighted by molar-refractivity contribution is -0.0498. The maximum Gasteiger partial charge on any atom is 0.387 e. The summed E-state index contributed by atoms with van der Waals surface area (Å²) in [4.78, 5) is 12.2. The number of rotatable bonds is 6. The van der Waals surface area contributed by atoms with Crippen molar-refractivity contribution in [2.24, 2.45) is 0 Å². The second kappa shape index (κ2) is 9.23. The molecule has 1 aliphatic rings. The topological polar surface area (TPSA) is 46.5 Å². The first-order valence-corrected chi connectivity index (χ1v) is 11.9. The molecule has 3 nitrogen and oxygen atoms in total. The largest absolute Gasteiger partial charge is 0.478 e. The summed E-state index contributed by atoms with van der Waals surface area (Å²) in [5.74, 6) is -0.791. The monoisotopic (exact) mass is 484 g/mol. The maximum atomic E-state index is 12.5. The fourth-order valence-corrected chi connectivity index (χ4v) is 5.34. The standard InChI is InChI=1S/C31H26F2O3/c1-17-7-14-25(30(34)35)28(19(17)3)27-18(2)8-13-24-26(27)16-22-6-4-5-21(29(22)24)15-20-9-11-23(12-10-20)36-31(32)33/h4-14,31H,15-16H2,1-3H3,(H,34,35). The van der Waals surface area contributed by atoms with Crippen molar-refractivity contribution in [3.05, 3.63) is 111 Å². The number of carbonyl (C=O) groups is 1. The van der Waals surface area contributed by atoms with Crippen LogP contribution in [-0.2, 0) is 12.8 Å². The van der Waals surface area contributed by atoms with Gasteiger partial charge in [0.05, 0.1) is 5.56 Å². The Kier molecular flexibility index (Phi) is 6.09. The molecule has 0 bridgehead atoms. The van der Waals surface area contributed by atoms with Gasteiger partial charge in [0.25, 0.3) is 0 Å². The molecular weight excluding hydrogens is 458 g/mol. The van der Waals surface area contributed by atoms with Gasteiger partial charge in [0.2, 0.25) is 0 Å². The molecule has 0 saturated carbocycles. The fourth-order valence-electron chi connectivity index (χ4n) is 5.34. The molecule has 5 heteroatoms. The lowest BCUT2D eigenvalue weighted by Gasteiger charge is -2.19. The van der Waals surface area contributed by atoms with Gasteiger partial charge in [-0.3, -0.25) is 0 Å². The summed E-state index contributed by atoms with van der Waals surface area (Å²) in [6.07, 6.45) is 1.37. The van der Waals surface area contributed by atoms with E-state index in [1.807, 2.05) is 45.0 Å². The average molecular weight is 485 g/mol. The number of aromatic carboxylic acids is 1. The normalized spacial score (nSPS) is 11.9. The lowest BCUT2D eigenvalue weighted by Crippen LogP contribution is -2.05. The van der Waals surface area contributed by atoms with Crippen LogP contribution in [0.4, 0.5) is 8.78 Å². The molecule has 5 rings (SSSR count). The summed E-state index contributed by atoms with van der Waals surface area (Å²) >= 11 is 0. The molecule has 0 amide bonds. The minimum Gasteiger partial charge on any atom is -0.478 e. The Morgan fingerprint density at radius 2 is 1.61 bits per heavy atom. The van der Waals surface area contributed by atoms with Crippen molar-refractivity contribution >= 4 is 5.97 Å². The first-order valence-electron chi connectivity index (χ1n) is 11.9. The number of carboxylic acid groups (broad SMARTS) is 1. The van der Waals surface area contributed by atoms with Gasteiger partial charge < -0.3 is 9.84 Å². The van der Waals surface area contributed by atoms with Gasteiger partial charge in [-0.15, -0.1) is 0 Å². The van der Waals surface area contributed by atoms with E-state index in [1.54, 1.807) is 18.2 Å². The van der Waals surface area contributed by atoms with E-state index in [-0.39, 0.29) is 5.75 Å². The molecule has 4 aromatic carbocycles. The Bertz CT molecular complexity index is 1490. The molecule has 0 radical (unpaired) electrons. The third kappa shape index (κ3) is 4.15. The zero-order valence-corrected chi connectivity index (χ0v) is 20.4. The minimum absolute atomic E-state index is 0.139. The van der Waals surface area contributed by atoms with Gasteiger partial charge in [0.15, 0.2) is 0 Å². The smallest absolute Gasteiger partial charge is 0.387 e. The summed E-state index contributed by atoms with van der Waals surface area (Å²) in [7, 11) is 0. The van der Waals surface area contributed by atoms with Gasteiger partial charge in [-0.05, 0) is 113 Å². The molecule has 0 fully saturated rings. The predicted octanol–water partition coefficient (Wildman–Crippen LogP) is 7.74. The van der Waals surface area contributed by atoms with Crippen LogP contribution in [0.25, 0.3) is 22.3 Å². The van der Waals surface area contributed by atoms with Crippen molar-refractivity contribution in [2.75, 3.05) is 0 Å². The molecule has 1 N–H and O–H groups in total. The molecule has 4 aromatic rings. The highest BCUT2D eigenvalue weighted by Crippen LogP contribution is 2.46. The highest BCUT2D eigenvalue weighted by molar-refractivity contribution is 6.00. The Labute approximate surface area is 209 Å². The summed E-state index contributed by atoms with van der Waals surface area (Å²) in [5.41, 5.74) is 12.0. The molecule has 0 unspecified atom stereocenters. The van der Waals surface area contributed by atoms with E-state index in [9.17, 15) is 18.7 Å². The summed E-state index contributed by atoms with van der Waals surface area (Å²) in [5, 5.41) is 9.98. The second-order valence-electron chi connectivity index (χ2n) is 9.35. The molecule has 0 aromatic heterocycles. The Morgan fingerprint density at radius 1 is 0.889 bits per heavy atom. The SMILES string of the molecule is Cc1ccc(C(=O)O)c(-c2c(C)ccc3c2Cc2cccc(Cc4ccc(OC(F)F)cc4)c2-3)c1C. The lowest BCUT2D eigenvalue weighted by atomic mass is 9.85. The minimum atomic E-state index is -2.85. The molecular formula is C31H26F2O3. The zero-order valence-electron chi connectivity index (χ0n) is 20.4. The summed E-state index contributed by atoms with van der Waals surface area (Å²) in [6.45, 7) is 3.19. The Hall–Kier alpha value is -3.99. The van der Waals surface area contributed by atoms with Crippen molar-refractivity contribution in [1.29, 1.82) is 0 Å². The van der Waals surface area contributed by atoms with Crippen molar-refractivity contribution in [3.8, 4) is 28.0 Å². The van der Waals surface area contributed by atoms with Crippen LogP contribution < -0.4 is 4.74 Å². The van der Waals surface area contributed by atoms with Gasteiger partial charge in [0, 0.05) is 0 Å². The van der Waals surface area contributed by atoms with Crippen LogP contribution in [0.2, 0.25) is 0 Å². The van der Waals surface area contributed by atoms with Crippen LogP contribution in [0.15, 0.2) is 66.7 Å². The molecule has 1 aliphatic carbocycles. The fraction of sp³-hybridized carbons (Fsp3) is 0.194. The maximum absolute atomic E-state index is 12.5. The first-order chi connectivity index (χ1) is 17.2. The van der Waals surface area contributed by atoms with Crippen LogP contribution in [-0.4, -0.2) is 17.7 Å². The van der Waals surface area contributed by atoms with Crippen LogP contribution in [0, 0.1) is 20.8 Å². The van der Waals surface area contributed by atoms with Crippen molar-refractivity contribution in [2.45, 2.75) is 40.2 Å². The van der Waals surface area contributed by atoms with Gasteiger partial charge in [0.1, 0.15) is 5.75 Å². The van der Waals surface area contributed by atoms with E-state index in [0.29, 0.717) is 12.0 Å². The van der Waals surface area contributed by atoms with E-state index in [0.717, 1.165) is 56.5 Å². The van der Waals surface area contributed by atoms with Crippen molar-refractivity contribution in [3.63, 3.8) is 0 Å². The van der Waals surface area contributed by atoms with Crippen LogP contribution in [0.1, 0.15) is 49.3 Å². The van der Waals surface area contributed by atoms with E-state index >= 15 is 0 Å². The zero-order chi connectivity index (χ0) is 25.6. The number of carboxylic acids is 1. The third-order valence-electron chi connectivity index (χ3n) is 7.15. The number of halogens is 2. The number of benzene rings is 4. The van der Waals surface area contributed by atoms with Crippen LogP contribution >= 0.6 is 0 Å². The number of alkyl halides is 2. The van der Waals surface area contributed by atoms with E-state index < -0.39 is 12.6 Å². The number of hydrogen-bond donors (Lipinski definition) is 1. The summed E-state index contributed by atoms with van der Waals surface area (Å²) in [6, 6.07) is 20.8. The molecule has 0 spiro atoms. The number of hydrogen-bond acceptors (Lipinski definition) is 2. The summed E-state index contributed by atoms with van der Waals surface area (Å²) < 4.78 is 29.5. The van der Waals surface area contributed by atoms with Gasteiger partial charge in [-0.25, -0.2) is 4.79 Å². The number of fused-ring (bicyclic) bond motifs is 3. The third-order valence-corrected chi connectivity index (χ3v) is 7.15. The number of aryl methyl sites for hydroxylation is 2. The second-order valence-corrected chi connectivity index (χ2v) is 9.35. The first kappa shape index (κ1) is 23.7. The van der Waals surface area contributed by atoms with Crippen LogP contribution in [0.3, 0.4) is 0 Å². The molecule has 36 heavy (non-hydrogen) atoms. The number of ether oxygens (including phenoxy) is 1. The molecule has 0 saturated heterocycles. The van der Waals surface area contributed by atoms with E-state index in [2.05, 4.69) is 29.0 Å². The Morgan fingerprint density at radius 3 is 2.31 bits per heavy atom. The quantitative estimate of drug-likeness (QED) is 0.268. The molecule has 0 aliphatic heterocycles. The van der Waals surface area contributed by atoms with Crippen molar-refractivity contribution in [1.82, 2.24) is 0 Å². The van der Waals surface area contributed by atoms with Gasteiger partial charge >= 0.3 is 12.6 Å². The highest BCUT2D eigenvalue weighted by Gasteiger charge is 2.28.